The van der Waals surface area contributed by atoms with E-state index >= 15 is 0 Å². The number of nitrogens with zero attached hydrogens (tertiary/aromatic N) is 5. The van der Waals surface area contributed by atoms with Crippen molar-refractivity contribution < 1.29 is 9.26 Å². The molecule has 3 aromatic rings. The predicted octanol–water partition coefficient (Wildman–Crippen LogP) is 1.97. The molecule has 3 heterocycles. The third kappa shape index (κ3) is 2.70. The molecule has 1 aliphatic heterocycles. The van der Waals surface area contributed by atoms with E-state index in [9.17, 15) is 0 Å². The summed E-state index contributed by atoms with van der Waals surface area (Å²) in [4.78, 5) is 6.76. The first kappa shape index (κ1) is 14.0. The zero-order valence-electron chi connectivity index (χ0n) is 12.8. The molecule has 23 heavy (non-hydrogen) atoms. The van der Waals surface area contributed by atoms with Gasteiger partial charge in [-0.1, -0.05) is 5.16 Å². The van der Waals surface area contributed by atoms with Crippen LogP contribution in [0.25, 0.3) is 23.0 Å². The second-order valence-corrected chi connectivity index (χ2v) is 5.41. The molecule has 7 nitrogen and oxygen atoms in total. The Labute approximate surface area is 133 Å². The van der Waals surface area contributed by atoms with Crippen molar-refractivity contribution in [3.05, 3.63) is 36.5 Å². The van der Waals surface area contributed by atoms with E-state index in [1.165, 1.54) is 5.69 Å². The number of morpholine rings is 1. The van der Waals surface area contributed by atoms with Crippen molar-refractivity contribution >= 4 is 5.69 Å². The van der Waals surface area contributed by atoms with Crippen LogP contribution >= 0.6 is 0 Å². The van der Waals surface area contributed by atoms with Crippen LogP contribution in [-0.4, -0.2) is 46.2 Å². The topological polar surface area (TPSA) is 69.2 Å². The summed E-state index contributed by atoms with van der Waals surface area (Å²) >= 11 is 0. The second kappa shape index (κ2) is 5.85. The SMILES string of the molecule is Cn1nccc1-c1nc(-c2ccc(N3CCOCC3)cc2)no1. The van der Waals surface area contributed by atoms with Crippen molar-refractivity contribution in [1.82, 2.24) is 19.9 Å². The van der Waals surface area contributed by atoms with Crippen molar-refractivity contribution in [1.29, 1.82) is 0 Å². The number of aryl methyl sites for hydroxylation is 1. The molecule has 1 fully saturated rings. The van der Waals surface area contributed by atoms with Crippen LogP contribution in [0.15, 0.2) is 41.1 Å². The molecule has 2 aromatic heterocycles. The average molecular weight is 311 g/mol. The van der Waals surface area contributed by atoms with E-state index < -0.39 is 0 Å². The van der Waals surface area contributed by atoms with Gasteiger partial charge in [0.1, 0.15) is 5.69 Å². The molecule has 0 atom stereocenters. The molecule has 0 bridgehead atoms. The van der Waals surface area contributed by atoms with Crippen molar-refractivity contribution in [2.75, 3.05) is 31.2 Å². The van der Waals surface area contributed by atoms with Crippen LogP contribution in [0.3, 0.4) is 0 Å². The molecular weight excluding hydrogens is 294 g/mol. The summed E-state index contributed by atoms with van der Waals surface area (Å²) in [6.45, 7) is 3.40. The van der Waals surface area contributed by atoms with Crippen molar-refractivity contribution in [2.45, 2.75) is 0 Å². The molecule has 0 unspecified atom stereocenters. The number of hydrogen-bond donors (Lipinski definition) is 0. The average Bonchev–Trinajstić information content (AvgIpc) is 3.24. The number of ether oxygens (including phenoxy) is 1. The Hall–Kier alpha value is -2.67. The Balaban J connectivity index is 1.56. The maximum atomic E-state index is 5.38. The molecule has 0 saturated carbocycles. The summed E-state index contributed by atoms with van der Waals surface area (Å²) < 4.78 is 12.4. The highest BCUT2D eigenvalue weighted by Gasteiger charge is 2.15. The quantitative estimate of drug-likeness (QED) is 0.736. The van der Waals surface area contributed by atoms with Gasteiger partial charge in [-0.05, 0) is 30.3 Å². The maximum Gasteiger partial charge on any atom is 0.276 e. The Morgan fingerprint density at radius 2 is 1.83 bits per heavy atom. The fourth-order valence-corrected chi connectivity index (χ4v) is 2.67. The number of benzene rings is 1. The van der Waals surface area contributed by atoms with E-state index in [0.717, 1.165) is 37.6 Å². The summed E-state index contributed by atoms with van der Waals surface area (Å²) in [6, 6.07) is 10.0. The maximum absolute atomic E-state index is 5.38. The van der Waals surface area contributed by atoms with Crippen LogP contribution in [-0.2, 0) is 11.8 Å². The minimum atomic E-state index is 0.470. The van der Waals surface area contributed by atoms with E-state index in [1.54, 1.807) is 10.9 Å². The predicted molar refractivity (Wildman–Crippen MR) is 85.0 cm³/mol. The molecule has 0 aliphatic carbocycles. The molecule has 1 aromatic carbocycles. The summed E-state index contributed by atoms with van der Waals surface area (Å²) in [5.74, 6) is 1.05. The summed E-state index contributed by atoms with van der Waals surface area (Å²) in [7, 11) is 1.84. The summed E-state index contributed by atoms with van der Waals surface area (Å²) in [6.07, 6.45) is 1.70. The molecule has 0 radical (unpaired) electrons. The number of anilines is 1. The third-order valence-electron chi connectivity index (χ3n) is 3.97. The number of rotatable bonds is 3. The van der Waals surface area contributed by atoms with Gasteiger partial charge in [0.25, 0.3) is 5.89 Å². The van der Waals surface area contributed by atoms with Gasteiger partial charge in [0.05, 0.1) is 13.2 Å². The molecule has 0 N–H and O–H groups in total. The van der Waals surface area contributed by atoms with Gasteiger partial charge in [-0.3, -0.25) is 4.68 Å². The Morgan fingerprint density at radius 3 is 2.52 bits per heavy atom. The third-order valence-corrected chi connectivity index (χ3v) is 3.97. The van der Waals surface area contributed by atoms with Gasteiger partial charge in [0.2, 0.25) is 5.82 Å². The number of aromatic nitrogens is 4. The first-order valence-electron chi connectivity index (χ1n) is 7.56. The second-order valence-electron chi connectivity index (χ2n) is 5.41. The Morgan fingerprint density at radius 1 is 1.04 bits per heavy atom. The van der Waals surface area contributed by atoms with E-state index in [-0.39, 0.29) is 0 Å². The zero-order chi connectivity index (χ0) is 15.6. The van der Waals surface area contributed by atoms with Crippen LogP contribution in [0.2, 0.25) is 0 Å². The van der Waals surface area contributed by atoms with Crippen molar-refractivity contribution in [3.8, 4) is 23.0 Å². The molecule has 0 spiro atoms. The lowest BCUT2D eigenvalue weighted by molar-refractivity contribution is 0.122. The van der Waals surface area contributed by atoms with Crippen LogP contribution in [0.4, 0.5) is 5.69 Å². The first-order chi connectivity index (χ1) is 11.3. The standard InChI is InChI=1S/C16H17N5O2/c1-20-14(6-7-17-20)16-18-15(19-23-16)12-2-4-13(5-3-12)21-8-10-22-11-9-21/h2-7H,8-11H2,1H3. The van der Waals surface area contributed by atoms with Gasteiger partial charge < -0.3 is 14.2 Å². The fraction of sp³-hybridized carbons (Fsp3) is 0.312. The highest BCUT2D eigenvalue weighted by Crippen LogP contribution is 2.24. The van der Waals surface area contributed by atoms with Gasteiger partial charge in [0, 0.05) is 37.6 Å². The molecule has 118 valence electrons. The van der Waals surface area contributed by atoms with E-state index in [0.29, 0.717) is 11.7 Å². The lowest BCUT2D eigenvalue weighted by Gasteiger charge is -2.28. The van der Waals surface area contributed by atoms with Crippen LogP contribution in [0.1, 0.15) is 0 Å². The van der Waals surface area contributed by atoms with Crippen molar-refractivity contribution in [3.63, 3.8) is 0 Å². The highest BCUT2D eigenvalue weighted by molar-refractivity contribution is 5.62. The lowest BCUT2D eigenvalue weighted by atomic mass is 10.2. The molecule has 7 heteroatoms. The van der Waals surface area contributed by atoms with Gasteiger partial charge in [-0.15, -0.1) is 0 Å². The molecule has 1 saturated heterocycles. The lowest BCUT2D eigenvalue weighted by Crippen LogP contribution is -2.36. The van der Waals surface area contributed by atoms with E-state index in [4.69, 9.17) is 9.26 Å². The summed E-state index contributed by atoms with van der Waals surface area (Å²) in [5.41, 5.74) is 2.92. The fourth-order valence-electron chi connectivity index (χ4n) is 2.67. The monoisotopic (exact) mass is 311 g/mol. The number of hydrogen-bond acceptors (Lipinski definition) is 6. The molecule has 1 aliphatic rings. The smallest absolute Gasteiger partial charge is 0.276 e. The minimum Gasteiger partial charge on any atom is -0.378 e. The van der Waals surface area contributed by atoms with Crippen LogP contribution < -0.4 is 4.90 Å². The van der Waals surface area contributed by atoms with Crippen LogP contribution in [0.5, 0.6) is 0 Å². The minimum absolute atomic E-state index is 0.470. The van der Waals surface area contributed by atoms with Crippen LogP contribution in [0, 0.1) is 0 Å². The first-order valence-corrected chi connectivity index (χ1v) is 7.56. The largest absolute Gasteiger partial charge is 0.378 e. The van der Waals surface area contributed by atoms with E-state index in [2.05, 4.69) is 32.3 Å². The molecular formula is C16H17N5O2. The zero-order valence-corrected chi connectivity index (χ0v) is 12.8. The molecule has 0 amide bonds. The van der Waals surface area contributed by atoms with Gasteiger partial charge in [0.15, 0.2) is 0 Å². The van der Waals surface area contributed by atoms with Gasteiger partial charge in [-0.2, -0.15) is 10.1 Å². The van der Waals surface area contributed by atoms with Gasteiger partial charge in [-0.25, -0.2) is 0 Å². The normalized spacial score (nSPS) is 15.1. The van der Waals surface area contributed by atoms with Crippen molar-refractivity contribution in [2.24, 2.45) is 7.05 Å². The highest BCUT2D eigenvalue weighted by atomic mass is 16.5. The Kier molecular flexibility index (Phi) is 3.55. The molecule has 4 rings (SSSR count). The Bertz CT molecular complexity index is 787. The summed E-state index contributed by atoms with van der Waals surface area (Å²) in [5, 5.41) is 8.18. The van der Waals surface area contributed by atoms with Gasteiger partial charge >= 0.3 is 0 Å². The van der Waals surface area contributed by atoms with E-state index in [1.807, 2.05) is 25.2 Å².